The van der Waals surface area contributed by atoms with Crippen molar-refractivity contribution in [3.63, 3.8) is 0 Å². The molecule has 4 aliphatic rings. The largest absolute Gasteiger partial charge is 0.573 e. The van der Waals surface area contributed by atoms with Crippen molar-refractivity contribution in [2.75, 3.05) is 4.90 Å². The maximum atomic E-state index is 13.9. The second-order valence-electron chi connectivity index (χ2n) is 11.0. The van der Waals surface area contributed by atoms with E-state index in [0.717, 1.165) is 41.3 Å². The number of anilines is 1. The van der Waals surface area contributed by atoms with Gasteiger partial charge in [0.2, 0.25) is 11.8 Å². The van der Waals surface area contributed by atoms with E-state index in [1.165, 1.54) is 13.0 Å². The predicted octanol–water partition coefficient (Wildman–Crippen LogP) is 4.33. The maximum absolute atomic E-state index is 13.9. The van der Waals surface area contributed by atoms with Gasteiger partial charge in [-0.25, -0.2) is 9.69 Å². The van der Waals surface area contributed by atoms with Crippen molar-refractivity contribution in [2.45, 2.75) is 32.0 Å². The highest BCUT2D eigenvalue weighted by atomic mass is 19.4. The van der Waals surface area contributed by atoms with Crippen molar-refractivity contribution in [3.8, 4) is 17.2 Å². The van der Waals surface area contributed by atoms with Gasteiger partial charge in [0.15, 0.2) is 11.6 Å². The summed E-state index contributed by atoms with van der Waals surface area (Å²) in [6.07, 6.45) is -2.46. The second kappa shape index (κ2) is 9.93. The number of ether oxygens (including phenoxy) is 1. The van der Waals surface area contributed by atoms with Crippen LogP contribution in [0.2, 0.25) is 0 Å². The number of benzene rings is 2. The molecule has 3 N–H and O–H groups in total. The molecule has 0 radical (unpaired) electrons. The fraction of sp³-hybridized carbons (Fsp3) is 0.258. The smallest absolute Gasteiger partial charge is 0.508 e. The molecule has 1 saturated heterocycles. The number of carboxylic acid groups (broad SMARTS) is 1. The van der Waals surface area contributed by atoms with E-state index in [4.69, 9.17) is 0 Å². The molecule has 1 fully saturated rings. The van der Waals surface area contributed by atoms with Crippen molar-refractivity contribution in [2.24, 2.45) is 17.8 Å². The topological polar surface area (TPSA) is 159 Å². The third-order valence-electron chi connectivity index (χ3n) is 8.58. The number of carboxylic acids is 1. The van der Waals surface area contributed by atoms with E-state index in [-0.39, 0.29) is 40.8 Å². The van der Waals surface area contributed by atoms with Gasteiger partial charge in [-0.3, -0.25) is 19.2 Å². The minimum atomic E-state index is -5.06. The minimum Gasteiger partial charge on any atom is -0.508 e. The van der Waals surface area contributed by atoms with Gasteiger partial charge in [0.25, 0.3) is 0 Å². The van der Waals surface area contributed by atoms with Gasteiger partial charge >= 0.3 is 12.3 Å². The SMILES string of the molecule is CC1=CC(=O)C2=C(CC3C(=CCC4C(=O)N(c5ccc(C(=O)O)c(O)c5)C(=O)C43)C2c2cc(OC(F)(F)F)ccc2O)C1=O. The number of alkyl halides is 3. The number of Topliss-reactive ketones (excluding diaryl/α,β-unsaturated/α-hetero) is 1. The number of carbonyl (C=O) groups excluding carboxylic acids is 4. The molecule has 3 aliphatic carbocycles. The Morgan fingerprint density at radius 2 is 1.70 bits per heavy atom. The number of rotatable bonds is 4. The van der Waals surface area contributed by atoms with Gasteiger partial charge in [0.1, 0.15) is 22.8 Å². The molecule has 10 nitrogen and oxygen atoms in total. The number of halogens is 3. The Hall–Kier alpha value is -5.20. The molecule has 2 amide bonds. The lowest BCUT2D eigenvalue weighted by Crippen LogP contribution is -2.39. The van der Waals surface area contributed by atoms with Crippen LogP contribution in [-0.2, 0) is 19.2 Å². The van der Waals surface area contributed by atoms with Crippen LogP contribution in [0.15, 0.2) is 70.8 Å². The van der Waals surface area contributed by atoms with Crippen LogP contribution in [0.5, 0.6) is 17.2 Å². The predicted molar refractivity (Wildman–Crippen MR) is 144 cm³/mol. The molecule has 1 heterocycles. The van der Waals surface area contributed by atoms with E-state index in [1.54, 1.807) is 6.08 Å². The normalized spacial score (nSPS) is 24.9. The summed E-state index contributed by atoms with van der Waals surface area (Å²) in [6, 6.07) is 6.03. The standard InChI is InChI=1S/C31H22F3NO9/c1-12-8-23(38)26-20(27(12)39)11-18-15(24(26)19-10-14(3-7-21(19)36)44-31(32,33)34)5-6-17-25(18)29(41)35(28(17)40)13-2-4-16(30(42)43)22(37)9-13/h2-5,7-10,17-18,24-25,36-37H,6,11H2,1H3,(H,42,43). The number of allylic oxidation sites excluding steroid dienone is 6. The third-order valence-corrected chi connectivity index (χ3v) is 8.58. The molecule has 0 bridgehead atoms. The Morgan fingerprint density at radius 1 is 0.977 bits per heavy atom. The first kappa shape index (κ1) is 28.9. The fourth-order valence-electron chi connectivity index (χ4n) is 6.79. The summed E-state index contributed by atoms with van der Waals surface area (Å²) in [4.78, 5) is 66.4. The lowest BCUT2D eigenvalue weighted by molar-refractivity contribution is -0.274. The van der Waals surface area contributed by atoms with Crippen LogP contribution in [0.4, 0.5) is 18.9 Å². The Bertz CT molecular complexity index is 1800. The number of hydrogen-bond acceptors (Lipinski definition) is 8. The minimum absolute atomic E-state index is 0.00755. The van der Waals surface area contributed by atoms with Crippen molar-refractivity contribution in [1.82, 2.24) is 0 Å². The molecule has 6 rings (SSSR count). The first-order valence-corrected chi connectivity index (χ1v) is 13.4. The fourth-order valence-corrected chi connectivity index (χ4v) is 6.79. The molecule has 1 aliphatic heterocycles. The highest BCUT2D eigenvalue weighted by molar-refractivity contribution is 6.25. The molecule has 4 atom stereocenters. The number of aromatic hydroxyl groups is 2. The number of carbonyl (C=O) groups is 5. The lowest BCUT2D eigenvalue weighted by Gasteiger charge is -2.42. The van der Waals surface area contributed by atoms with Crippen LogP contribution >= 0.6 is 0 Å². The average Bonchev–Trinajstić information content (AvgIpc) is 3.20. The summed E-state index contributed by atoms with van der Waals surface area (Å²) in [7, 11) is 0. The first-order valence-electron chi connectivity index (χ1n) is 13.4. The molecular formula is C31H22F3NO9. The van der Waals surface area contributed by atoms with Crippen LogP contribution in [0.3, 0.4) is 0 Å². The van der Waals surface area contributed by atoms with Gasteiger partial charge in [-0.15, -0.1) is 13.2 Å². The van der Waals surface area contributed by atoms with Gasteiger partial charge in [-0.1, -0.05) is 11.6 Å². The number of nitrogens with zero attached hydrogens (tertiary/aromatic N) is 1. The maximum Gasteiger partial charge on any atom is 0.573 e. The lowest BCUT2D eigenvalue weighted by atomic mass is 9.59. The van der Waals surface area contributed by atoms with Crippen LogP contribution in [0, 0.1) is 17.8 Å². The molecule has 2 aromatic carbocycles. The molecule has 0 saturated carbocycles. The van der Waals surface area contributed by atoms with E-state index in [2.05, 4.69) is 4.74 Å². The van der Waals surface area contributed by atoms with Gasteiger partial charge in [0, 0.05) is 34.3 Å². The van der Waals surface area contributed by atoms with E-state index >= 15 is 0 Å². The third kappa shape index (κ3) is 4.46. The van der Waals surface area contributed by atoms with Gasteiger partial charge in [-0.2, -0.15) is 0 Å². The molecular weight excluding hydrogens is 587 g/mol. The molecule has 4 unspecified atom stereocenters. The monoisotopic (exact) mass is 609 g/mol. The summed E-state index contributed by atoms with van der Waals surface area (Å²) in [5.74, 6) is -9.70. The van der Waals surface area contributed by atoms with Crippen LogP contribution in [-0.4, -0.2) is 51.0 Å². The number of fused-ring (bicyclic) bond motifs is 3. The molecule has 44 heavy (non-hydrogen) atoms. The number of hydrogen-bond donors (Lipinski definition) is 3. The van der Waals surface area contributed by atoms with Crippen LogP contribution < -0.4 is 9.64 Å². The summed E-state index contributed by atoms with van der Waals surface area (Å²) >= 11 is 0. The summed E-state index contributed by atoms with van der Waals surface area (Å²) < 4.78 is 43.3. The van der Waals surface area contributed by atoms with Gasteiger partial charge < -0.3 is 20.1 Å². The van der Waals surface area contributed by atoms with Crippen molar-refractivity contribution in [1.29, 1.82) is 0 Å². The van der Waals surface area contributed by atoms with E-state index in [0.29, 0.717) is 5.57 Å². The number of phenols is 2. The Labute approximate surface area is 246 Å². The van der Waals surface area contributed by atoms with Gasteiger partial charge in [0.05, 0.1) is 17.5 Å². The second-order valence-corrected chi connectivity index (χ2v) is 11.0. The number of phenolic OH excluding ortho intramolecular Hbond substituents is 1. The van der Waals surface area contributed by atoms with Crippen LogP contribution in [0.25, 0.3) is 0 Å². The van der Waals surface area contributed by atoms with E-state index in [1.807, 2.05) is 0 Å². The van der Waals surface area contributed by atoms with E-state index in [9.17, 15) is 52.5 Å². The Morgan fingerprint density at radius 3 is 2.36 bits per heavy atom. The molecule has 0 aromatic heterocycles. The highest BCUT2D eigenvalue weighted by Gasteiger charge is 2.57. The molecule has 13 heteroatoms. The van der Waals surface area contributed by atoms with Crippen molar-refractivity contribution >= 4 is 35.0 Å². The summed E-state index contributed by atoms with van der Waals surface area (Å²) in [6.45, 7) is 1.43. The molecule has 226 valence electrons. The first-order chi connectivity index (χ1) is 20.7. The summed E-state index contributed by atoms with van der Waals surface area (Å²) in [5, 5.41) is 30.3. The highest BCUT2D eigenvalue weighted by Crippen LogP contribution is 2.56. The quantitative estimate of drug-likeness (QED) is 0.261. The van der Waals surface area contributed by atoms with Gasteiger partial charge in [-0.05, 0) is 62.1 Å². The Balaban J connectivity index is 1.47. The Kier molecular flexibility index (Phi) is 6.52. The molecule has 2 aromatic rings. The number of aromatic carboxylic acids is 1. The molecule has 0 spiro atoms. The summed E-state index contributed by atoms with van der Waals surface area (Å²) in [5.41, 5.74) is -0.158. The number of ketones is 2. The van der Waals surface area contributed by atoms with E-state index < -0.39 is 82.2 Å². The van der Waals surface area contributed by atoms with Crippen molar-refractivity contribution < 1.29 is 57.2 Å². The zero-order valence-corrected chi connectivity index (χ0v) is 22.7. The number of imide groups is 1. The average molecular weight is 610 g/mol. The van der Waals surface area contributed by atoms with Crippen LogP contribution in [0.1, 0.15) is 41.6 Å². The van der Waals surface area contributed by atoms with Crippen molar-refractivity contribution in [3.05, 3.63) is 82.0 Å². The zero-order chi connectivity index (χ0) is 31.8. The zero-order valence-electron chi connectivity index (χ0n) is 22.7. The number of amides is 2.